The van der Waals surface area contributed by atoms with E-state index < -0.39 is 96.6 Å². The summed E-state index contributed by atoms with van der Waals surface area (Å²) in [6, 6.07) is 0. The molecule has 236 valence electrons. The first-order chi connectivity index (χ1) is 18.8. The average molecular weight is 807 g/mol. The molecule has 0 saturated carbocycles. The van der Waals surface area contributed by atoms with Gasteiger partial charge in [0, 0.05) is 49.6 Å². The fourth-order valence-corrected chi connectivity index (χ4v) is 1.64. The summed E-state index contributed by atoms with van der Waals surface area (Å²) >= 11 is 0. The van der Waals surface area contributed by atoms with Gasteiger partial charge in [0.05, 0.1) is 35.8 Å². The maximum absolute atomic E-state index is 10.1. The summed E-state index contributed by atoms with van der Waals surface area (Å²) in [6.07, 6.45) is -3.89. The molecule has 0 unspecified atom stereocenters. The molecular formula is C20H14Ca5O22. The Labute approximate surface area is 411 Å². The Hall–Kier alpha value is 0.399. The predicted octanol–water partition coefficient (Wildman–Crippen LogP) is -18.3. The van der Waals surface area contributed by atoms with Gasteiger partial charge in [-0.2, -0.15) is 0 Å². The minimum Gasteiger partial charge on any atom is -0.550 e. The van der Waals surface area contributed by atoms with Crippen LogP contribution in [-0.4, -0.2) is 270 Å². The van der Waals surface area contributed by atoms with Gasteiger partial charge in [-0.05, 0) is 24.3 Å². The van der Waals surface area contributed by atoms with Crippen LogP contribution in [0.25, 0.3) is 0 Å². The van der Waals surface area contributed by atoms with Gasteiger partial charge in [0.15, 0.2) is 0 Å². The number of hydrogen-bond acceptors (Lipinski definition) is 22. The molecule has 0 heterocycles. The summed E-state index contributed by atoms with van der Waals surface area (Å²) in [6.45, 7) is 0. The molecule has 0 radical (unpaired) electrons. The quantitative estimate of drug-likeness (QED) is 0.121. The molecular weight excluding hydrogens is 793 g/mol. The van der Waals surface area contributed by atoms with Gasteiger partial charge in [0.1, 0.15) is 11.2 Å². The Morgan fingerprint density at radius 2 is 0.489 bits per heavy atom. The zero-order chi connectivity index (χ0) is 34.4. The van der Waals surface area contributed by atoms with Gasteiger partial charge >= 0.3 is 189 Å². The molecule has 0 aromatic carbocycles. The molecule has 0 bridgehead atoms. The first-order valence-electron chi connectivity index (χ1n) is 9.68. The molecule has 47 heavy (non-hydrogen) atoms. The van der Waals surface area contributed by atoms with Crippen LogP contribution >= 0.6 is 0 Å². The molecule has 2 N–H and O–H groups in total. The van der Waals surface area contributed by atoms with Crippen molar-refractivity contribution in [3.05, 3.63) is 24.3 Å². The predicted molar refractivity (Wildman–Crippen MR) is 125 cm³/mol. The number of aliphatic carboxylic acids is 10. The minimum absolute atomic E-state index is 0. The van der Waals surface area contributed by atoms with Crippen molar-refractivity contribution in [3.63, 3.8) is 0 Å². The van der Waals surface area contributed by atoms with E-state index in [1.807, 2.05) is 0 Å². The van der Waals surface area contributed by atoms with Crippen LogP contribution in [-0.2, 0) is 47.9 Å². The molecule has 0 aliphatic heterocycles. The summed E-state index contributed by atoms with van der Waals surface area (Å²) in [5.41, 5.74) is -5.95. The van der Waals surface area contributed by atoms with Crippen LogP contribution in [0, 0.1) is 0 Å². The molecule has 0 rings (SSSR count). The summed E-state index contributed by atoms with van der Waals surface area (Å²) in [5, 5.41) is 116. The fraction of sp³-hybridized carbons (Fsp3) is 0.300. The number of rotatable bonds is 14. The minimum atomic E-state index is -2.97. The van der Waals surface area contributed by atoms with Crippen molar-refractivity contribution in [1.82, 2.24) is 0 Å². The fourth-order valence-electron chi connectivity index (χ4n) is 1.64. The van der Waals surface area contributed by atoms with E-state index >= 15 is 0 Å². The molecule has 0 fully saturated rings. The Morgan fingerprint density at radius 3 is 0.553 bits per heavy atom. The first kappa shape index (κ1) is 69.2. The number of carbonyl (C=O) groups is 10. The molecule has 22 nitrogen and oxygen atoms in total. The summed E-state index contributed by atoms with van der Waals surface area (Å²) in [4.78, 5) is 97.7. The van der Waals surface area contributed by atoms with Crippen molar-refractivity contribution in [2.75, 3.05) is 0 Å². The maximum Gasteiger partial charge on any atom is 2.00 e. The molecule has 0 atom stereocenters. The van der Waals surface area contributed by atoms with Crippen LogP contribution in [0.5, 0.6) is 0 Å². The molecule has 0 spiro atoms. The Bertz CT molecular complexity index is 968. The van der Waals surface area contributed by atoms with E-state index in [2.05, 4.69) is 0 Å². The summed E-state index contributed by atoms with van der Waals surface area (Å²) < 4.78 is 0. The van der Waals surface area contributed by atoms with Crippen molar-refractivity contribution in [1.29, 1.82) is 0 Å². The molecule has 0 aliphatic carbocycles. The van der Waals surface area contributed by atoms with E-state index in [0.717, 1.165) is 0 Å². The van der Waals surface area contributed by atoms with Crippen molar-refractivity contribution >= 4 is 248 Å². The maximum atomic E-state index is 10.1. The van der Waals surface area contributed by atoms with Gasteiger partial charge in [0.2, 0.25) is 0 Å². The van der Waals surface area contributed by atoms with Gasteiger partial charge in [-0.15, -0.1) is 0 Å². The van der Waals surface area contributed by atoms with E-state index in [1.165, 1.54) is 0 Å². The third kappa shape index (κ3) is 50.9. The largest absolute Gasteiger partial charge is 2.00 e. The number of hydrogen-bond donors (Lipinski definition) is 2. The summed E-state index contributed by atoms with van der Waals surface area (Å²) in [7, 11) is 0. The van der Waals surface area contributed by atoms with Crippen LogP contribution in [0.15, 0.2) is 24.3 Å². The number of carboxylic acids is 10. The molecule has 0 amide bonds. The second-order valence-corrected chi connectivity index (χ2v) is 6.78. The molecule has 0 saturated heterocycles. The van der Waals surface area contributed by atoms with Crippen molar-refractivity contribution in [2.45, 2.75) is 36.9 Å². The number of carboxylic acid groups (broad SMARTS) is 10. The monoisotopic (exact) mass is 806 g/mol. The average Bonchev–Trinajstić information content (AvgIpc) is 2.75. The van der Waals surface area contributed by atoms with Crippen LogP contribution in [0.4, 0.5) is 0 Å². The van der Waals surface area contributed by atoms with E-state index in [0.29, 0.717) is 24.3 Å². The topological polar surface area (TPSA) is 442 Å². The molecule has 0 aromatic rings. The SMILES string of the molecule is O=C([O-])/C=C\C(=O)[O-].O=C([O-])/C=C\C(=O)[O-].O=C([O-])CC(O)(CC(=O)[O-])C(=O)[O-].O=C([O-])CC(O)(CC(=O)[O-])C(=O)[O-].[Ca+2].[Ca+2].[Ca+2].[Ca+2].[Ca+2]. The number of aliphatic hydroxyl groups is 2. The van der Waals surface area contributed by atoms with Crippen molar-refractivity contribution < 1.29 is 109 Å². The van der Waals surface area contributed by atoms with Gasteiger partial charge in [-0.3, -0.25) is 0 Å². The second kappa shape index (κ2) is 37.6. The normalized spacial score (nSPS) is 9.23. The van der Waals surface area contributed by atoms with Gasteiger partial charge in [-0.25, -0.2) is 0 Å². The van der Waals surface area contributed by atoms with Crippen molar-refractivity contribution in [3.8, 4) is 0 Å². The zero-order valence-electron chi connectivity index (χ0n) is 23.7. The second-order valence-electron chi connectivity index (χ2n) is 6.78. The summed E-state index contributed by atoms with van der Waals surface area (Å²) in [5.74, 6) is -18.2. The zero-order valence-corrected chi connectivity index (χ0v) is 34.8. The third-order valence-corrected chi connectivity index (χ3v) is 3.22. The standard InChI is InChI=1S/2C6H8O7.2C4H4O4.5Ca/c2*7-3(8)1-6(13,5(11)12)2-4(9)10;2*5-3(6)1-2-4(7)8;;;;;/h2*13H,1-2H2,(H,7,8)(H,9,10)(H,11,12);2*1-2H,(H,5,6)(H,7,8);;;;;/q;;;;5*+2/p-10/b;;2*2-1-;;;;;. The molecule has 0 aliphatic rings. The van der Waals surface area contributed by atoms with Crippen LogP contribution in [0.2, 0.25) is 0 Å². The van der Waals surface area contributed by atoms with Gasteiger partial charge in [-0.1, -0.05) is 0 Å². The Balaban J connectivity index is -0.0000000578. The van der Waals surface area contributed by atoms with Crippen LogP contribution < -0.4 is 51.1 Å². The number of carbonyl (C=O) groups excluding carboxylic acids is 10. The van der Waals surface area contributed by atoms with Crippen molar-refractivity contribution in [2.24, 2.45) is 0 Å². The molecule has 27 heteroatoms. The smallest absolute Gasteiger partial charge is 0.550 e. The third-order valence-electron chi connectivity index (χ3n) is 3.22. The van der Waals surface area contributed by atoms with E-state index in [4.69, 9.17) is 10.2 Å². The van der Waals surface area contributed by atoms with E-state index in [1.54, 1.807) is 0 Å². The van der Waals surface area contributed by atoms with E-state index in [9.17, 15) is 99.0 Å². The first-order valence-corrected chi connectivity index (χ1v) is 9.68. The molecule has 0 aromatic heterocycles. The van der Waals surface area contributed by atoms with E-state index in [-0.39, 0.29) is 189 Å². The van der Waals surface area contributed by atoms with Gasteiger partial charge < -0.3 is 109 Å². The Morgan fingerprint density at radius 1 is 0.362 bits per heavy atom. The Kier molecular flexibility index (Phi) is 55.4. The van der Waals surface area contributed by atoms with Gasteiger partial charge in [0.25, 0.3) is 0 Å². The van der Waals surface area contributed by atoms with Crippen LogP contribution in [0.3, 0.4) is 0 Å². The van der Waals surface area contributed by atoms with Crippen LogP contribution in [0.1, 0.15) is 25.7 Å².